The minimum absolute atomic E-state index is 0.161. The number of nitrogens with zero attached hydrogens (tertiary/aromatic N) is 3. The van der Waals surface area contributed by atoms with E-state index in [9.17, 15) is 4.79 Å². The number of hydrogen-bond donors (Lipinski definition) is 1. The number of fused-ring (bicyclic) bond motifs is 1. The number of hydrogen-bond acceptors (Lipinski definition) is 3. The molecule has 5 heteroatoms. The Hall–Kier alpha value is -3.70. The molecule has 0 aliphatic carbocycles. The molecular weight excluding hydrogens is 384 g/mol. The summed E-state index contributed by atoms with van der Waals surface area (Å²) in [4.78, 5) is 14.5. The molecule has 1 heterocycles. The number of amides is 1. The van der Waals surface area contributed by atoms with Gasteiger partial charge in [0.1, 0.15) is 0 Å². The highest BCUT2D eigenvalue weighted by atomic mass is 16.1. The third kappa shape index (κ3) is 5.47. The molecule has 5 nitrogen and oxygen atoms in total. The van der Waals surface area contributed by atoms with E-state index in [0.717, 1.165) is 40.8 Å². The monoisotopic (exact) mass is 410 g/mol. The van der Waals surface area contributed by atoms with Crippen LogP contribution in [0.1, 0.15) is 5.56 Å². The van der Waals surface area contributed by atoms with Crippen LogP contribution < -0.4 is 5.32 Å². The molecule has 0 saturated heterocycles. The normalized spacial score (nSPS) is 11.5. The lowest BCUT2D eigenvalue weighted by atomic mass is 10.0. The Morgan fingerprint density at radius 2 is 1.74 bits per heavy atom. The molecule has 1 amide bonds. The zero-order chi connectivity index (χ0) is 21.6. The van der Waals surface area contributed by atoms with Gasteiger partial charge in [-0.25, -0.2) is 0 Å². The topological polar surface area (TPSA) is 50.2 Å². The maximum atomic E-state index is 12.4. The summed E-state index contributed by atoms with van der Waals surface area (Å²) >= 11 is 0. The second-order valence-electron chi connectivity index (χ2n) is 7.78. The first-order valence-corrected chi connectivity index (χ1v) is 10.3. The van der Waals surface area contributed by atoms with E-state index < -0.39 is 0 Å². The number of benzene rings is 3. The van der Waals surface area contributed by atoms with Gasteiger partial charge >= 0.3 is 0 Å². The van der Waals surface area contributed by atoms with E-state index in [-0.39, 0.29) is 5.91 Å². The molecule has 0 aliphatic heterocycles. The lowest BCUT2D eigenvalue weighted by Gasteiger charge is -2.08. The van der Waals surface area contributed by atoms with E-state index in [1.54, 1.807) is 6.08 Å². The van der Waals surface area contributed by atoms with E-state index >= 15 is 0 Å². The Bertz CT molecular complexity index is 1190. The van der Waals surface area contributed by atoms with Crippen molar-refractivity contribution in [2.75, 3.05) is 26.0 Å². The quantitative estimate of drug-likeness (QED) is 0.440. The molecule has 31 heavy (non-hydrogen) atoms. The predicted molar refractivity (Wildman–Crippen MR) is 128 cm³/mol. The van der Waals surface area contributed by atoms with Crippen molar-refractivity contribution in [1.82, 2.24) is 14.7 Å². The molecule has 156 valence electrons. The van der Waals surface area contributed by atoms with Gasteiger partial charge in [0, 0.05) is 29.9 Å². The van der Waals surface area contributed by atoms with Gasteiger partial charge in [0.2, 0.25) is 5.91 Å². The molecule has 0 radical (unpaired) electrons. The van der Waals surface area contributed by atoms with Crippen molar-refractivity contribution in [3.8, 4) is 11.1 Å². The van der Waals surface area contributed by atoms with Crippen LogP contribution in [0.25, 0.3) is 28.1 Å². The summed E-state index contributed by atoms with van der Waals surface area (Å²) in [6.07, 6.45) is 5.39. The van der Waals surface area contributed by atoms with Crippen molar-refractivity contribution in [2.24, 2.45) is 0 Å². The van der Waals surface area contributed by atoms with Crippen LogP contribution in [0.3, 0.4) is 0 Å². The van der Waals surface area contributed by atoms with Crippen molar-refractivity contribution in [2.45, 2.75) is 6.54 Å². The number of carbonyl (C=O) groups is 1. The van der Waals surface area contributed by atoms with E-state index in [0.29, 0.717) is 0 Å². The first kappa shape index (κ1) is 20.6. The van der Waals surface area contributed by atoms with Crippen molar-refractivity contribution in [3.63, 3.8) is 0 Å². The zero-order valence-corrected chi connectivity index (χ0v) is 17.8. The summed E-state index contributed by atoms with van der Waals surface area (Å²) in [7, 11) is 4.09. The Labute approximate surface area is 182 Å². The van der Waals surface area contributed by atoms with E-state index in [1.165, 1.54) is 5.56 Å². The van der Waals surface area contributed by atoms with Crippen LogP contribution >= 0.6 is 0 Å². The lowest BCUT2D eigenvalue weighted by molar-refractivity contribution is -0.111. The lowest BCUT2D eigenvalue weighted by Crippen LogP contribution is -2.18. The third-order valence-corrected chi connectivity index (χ3v) is 5.04. The molecule has 0 bridgehead atoms. The first-order chi connectivity index (χ1) is 15.1. The Morgan fingerprint density at radius 3 is 2.48 bits per heavy atom. The van der Waals surface area contributed by atoms with Crippen molar-refractivity contribution < 1.29 is 4.79 Å². The molecule has 4 rings (SSSR count). The van der Waals surface area contributed by atoms with Gasteiger partial charge in [0.05, 0.1) is 12.1 Å². The SMILES string of the molecule is CN(C)CCn1cc2cc(NC(=O)/C=C/c3ccc(-c4ccccc4)cc3)ccc2n1. The van der Waals surface area contributed by atoms with E-state index in [2.05, 4.69) is 39.6 Å². The fourth-order valence-corrected chi connectivity index (χ4v) is 3.34. The van der Waals surface area contributed by atoms with Crippen molar-refractivity contribution >= 4 is 28.6 Å². The second kappa shape index (κ2) is 9.41. The average molecular weight is 411 g/mol. The van der Waals surface area contributed by atoms with Crippen LogP contribution in [0.2, 0.25) is 0 Å². The van der Waals surface area contributed by atoms with Gasteiger partial charge in [-0.1, -0.05) is 54.6 Å². The third-order valence-electron chi connectivity index (χ3n) is 5.04. The highest BCUT2D eigenvalue weighted by Crippen LogP contribution is 2.20. The van der Waals surface area contributed by atoms with Crippen LogP contribution in [0.4, 0.5) is 5.69 Å². The van der Waals surface area contributed by atoms with E-state index in [4.69, 9.17) is 0 Å². The fraction of sp³-hybridized carbons (Fsp3) is 0.154. The Morgan fingerprint density at radius 1 is 1.00 bits per heavy atom. The molecule has 1 N–H and O–H groups in total. The predicted octanol–water partition coefficient (Wildman–Crippen LogP) is 4.92. The first-order valence-electron chi connectivity index (χ1n) is 10.3. The van der Waals surface area contributed by atoms with Crippen LogP contribution in [-0.4, -0.2) is 41.2 Å². The average Bonchev–Trinajstić information content (AvgIpc) is 3.19. The van der Waals surface area contributed by atoms with Crippen LogP contribution in [0.5, 0.6) is 0 Å². The molecule has 3 aromatic carbocycles. The molecule has 0 unspecified atom stereocenters. The number of anilines is 1. The summed E-state index contributed by atoms with van der Waals surface area (Å²) in [5, 5.41) is 8.51. The molecule has 0 aliphatic rings. The van der Waals surface area contributed by atoms with Gasteiger partial charge in [-0.15, -0.1) is 0 Å². The number of rotatable bonds is 7. The molecule has 0 atom stereocenters. The van der Waals surface area contributed by atoms with Gasteiger partial charge in [0.25, 0.3) is 0 Å². The summed E-state index contributed by atoms with van der Waals surface area (Å²) < 4.78 is 1.94. The van der Waals surface area contributed by atoms with Gasteiger partial charge in [-0.2, -0.15) is 5.10 Å². The maximum Gasteiger partial charge on any atom is 0.248 e. The van der Waals surface area contributed by atoms with Crippen LogP contribution in [0.15, 0.2) is 85.1 Å². The maximum absolute atomic E-state index is 12.4. The summed E-state index contributed by atoms with van der Waals surface area (Å²) in [6, 6.07) is 24.2. The summed E-state index contributed by atoms with van der Waals surface area (Å²) in [6.45, 7) is 1.75. The molecule has 0 saturated carbocycles. The van der Waals surface area contributed by atoms with Gasteiger partial charge in [-0.05, 0) is 55.1 Å². The number of likely N-dealkylation sites (N-methyl/N-ethyl adjacent to an activating group) is 1. The Balaban J connectivity index is 1.38. The van der Waals surface area contributed by atoms with Crippen molar-refractivity contribution in [3.05, 3.63) is 90.6 Å². The van der Waals surface area contributed by atoms with Crippen LogP contribution in [0, 0.1) is 0 Å². The zero-order valence-electron chi connectivity index (χ0n) is 17.8. The minimum atomic E-state index is -0.161. The van der Waals surface area contributed by atoms with E-state index in [1.807, 2.05) is 79.6 Å². The highest BCUT2D eigenvalue weighted by Gasteiger charge is 2.04. The highest BCUT2D eigenvalue weighted by molar-refractivity contribution is 6.02. The number of carbonyl (C=O) groups excluding carboxylic acids is 1. The molecule has 0 spiro atoms. The summed E-state index contributed by atoms with van der Waals surface area (Å²) in [5.74, 6) is -0.161. The van der Waals surface area contributed by atoms with Gasteiger partial charge in [0.15, 0.2) is 0 Å². The molecule has 4 aromatic rings. The fourth-order valence-electron chi connectivity index (χ4n) is 3.34. The second-order valence-corrected chi connectivity index (χ2v) is 7.78. The van der Waals surface area contributed by atoms with Gasteiger partial charge < -0.3 is 10.2 Å². The number of nitrogens with one attached hydrogen (secondary N) is 1. The Kier molecular flexibility index (Phi) is 6.24. The van der Waals surface area contributed by atoms with Gasteiger partial charge in [-0.3, -0.25) is 9.48 Å². The standard InChI is InChI=1S/C26H26N4O/c1-29(2)16-17-30-19-23-18-24(13-14-25(23)28-30)27-26(31)15-10-20-8-11-22(12-9-20)21-6-4-3-5-7-21/h3-15,18-19H,16-17H2,1-2H3,(H,27,31)/b15-10+. The smallest absolute Gasteiger partial charge is 0.248 e. The van der Waals surface area contributed by atoms with Crippen LogP contribution in [-0.2, 0) is 11.3 Å². The molecule has 0 fully saturated rings. The minimum Gasteiger partial charge on any atom is -0.322 e. The molecule has 1 aromatic heterocycles. The largest absolute Gasteiger partial charge is 0.322 e. The number of aromatic nitrogens is 2. The van der Waals surface area contributed by atoms with Crippen molar-refractivity contribution in [1.29, 1.82) is 0 Å². The molecular formula is C26H26N4O. The summed E-state index contributed by atoms with van der Waals surface area (Å²) in [5.41, 5.74) is 4.99.